The topological polar surface area (TPSA) is 21.8 Å². The van der Waals surface area contributed by atoms with Gasteiger partial charge in [-0.1, -0.05) is 17.2 Å². The quantitative estimate of drug-likeness (QED) is 0.540. The third-order valence-corrected chi connectivity index (χ3v) is 3.53. The third-order valence-electron chi connectivity index (χ3n) is 3.53. The second-order valence-electron chi connectivity index (χ2n) is 5.16. The van der Waals surface area contributed by atoms with Crippen LogP contribution in [-0.4, -0.2) is 25.4 Å². The summed E-state index contributed by atoms with van der Waals surface area (Å²) in [5.41, 5.74) is 4.37. The summed E-state index contributed by atoms with van der Waals surface area (Å²) in [7, 11) is 0. The second kappa shape index (κ2) is 4.72. The molecule has 16 heavy (non-hydrogen) atoms. The summed E-state index contributed by atoms with van der Waals surface area (Å²) in [5, 5.41) is 0. The van der Waals surface area contributed by atoms with Crippen LogP contribution in [-0.2, 0) is 9.47 Å². The molecule has 0 bridgehead atoms. The molecule has 2 nitrogen and oxygen atoms in total. The van der Waals surface area contributed by atoms with Crippen LogP contribution < -0.4 is 0 Å². The van der Waals surface area contributed by atoms with Crippen LogP contribution in [0.1, 0.15) is 40.0 Å². The molecule has 2 fully saturated rings. The fraction of sp³-hybridized carbons (Fsp3) is 0.714. The number of hydrogen-bond donors (Lipinski definition) is 0. The average Bonchev–Trinajstić information content (AvgIpc) is 2.98. The van der Waals surface area contributed by atoms with E-state index in [2.05, 4.69) is 26.8 Å². The van der Waals surface area contributed by atoms with Gasteiger partial charge in [0.25, 0.3) is 0 Å². The highest BCUT2D eigenvalue weighted by Crippen LogP contribution is 2.43. The molecule has 1 atom stereocenters. The molecule has 0 N–H and O–H groups in total. The first-order valence-electron chi connectivity index (χ1n) is 6.18. The maximum absolute atomic E-state index is 5.64. The van der Waals surface area contributed by atoms with Crippen LogP contribution in [0.2, 0.25) is 0 Å². The van der Waals surface area contributed by atoms with Crippen LogP contribution in [0, 0.1) is 0 Å². The van der Waals surface area contributed by atoms with E-state index in [1.54, 1.807) is 0 Å². The first kappa shape index (κ1) is 11.9. The molecule has 0 amide bonds. The highest BCUT2D eigenvalue weighted by molar-refractivity contribution is 5.30. The van der Waals surface area contributed by atoms with Gasteiger partial charge in [0.1, 0.15) is 5.60 Å². The molecule has 2 rings (SSSR count). The van der Waals surface area contributed by atoms with Crippen LogP contribution in [0.25, 0.3) is 0 Å². The lowest BCUT2D eigenvalue weighted by molar-refractivity contribution is 0.0906. The lowest BCUT2D eigenvalue weighted by Crippen LogP contribution is -2.28. The zero-order chi connectivity index (χ0) is 11.6. The van der Waals surface area contributed by atoms with Crippen molar-refractivity contribution in [3.8, 4) is 0 Å². The SMILES string of the molecule is CC(C)=CCC/C(C)=C1\COCC[C@]12CO2. The summed E-state index contributed by atoms with van der Waals surface area (Å²) in [6.45, 7) is 9.07. The fourth-order valence-corrected chi connectivity index (χ4v) is 2.34. The van der Waals surface area contributed by atoms with Gasteiger partial charge < -0.3 is 9.47 Å². The normalized spacial score (nSPS) is 31.4. The number of allylic oxidation sites excluding steroid dienone is 3. The predicted molar refractivity (Wildman–Crippen MR) is 65.5 cm³/mol. The molecule has 2 aliphatic rings. The Hall–Kier alpha value is -0.600. The lowest BCUT2D eigenvalue weighted by Gasteiger charge is -2.24. The van der Waals surface area contributed by atoms with Gasteiger partial charge in [-0.2, -0.15) is 0 Å². The van der Waals surface area contributed by atoms with Crippen molar-refractivity contribution < 1.29 is 9.47 Å². The first-order valence-corrected chi connectivity index (χ1v) is 6.18. The molecular weight excluding hydrogens is 200 g/mol. The van der Waals surface area contributed by atoms with Crippen LogP contribution in [0.3, 0.4) is 0 Å². The van der Waals surface area contributed by atoms with Gasteiger partial charge in [-0.3, -0.25) is 0 Å². The van der Waals surface area contributed by atoms with Gasteiger partial charge in [-0.25, -0.2) is 0 Å². The summed E-state index contributed by atoms with van der Waals surface area (Å²) in [5.74, 6) is 0. The van der Waals surface area contributed by atoms with E-state index >= 15 is 0 Å². The zero-order valence-corrected chi connectivity index (χ0v) is 10.6. The summed E-state index contributed by atoms with van der Waals surface area (Å²) >= 11 is 0. The standard InChI is InChI=1S/C14H22O2/c1-11(2)5-4-6-12(3)13-9-15-8-7-14(13)10-16-14/h5H,4,6-10H2,1-3H3/b13-12+/t14-/m0/s1. The van der Waals surface area contributed by atoms with Crippen molar-refractivity contribution in [3.63, 3.8) is 0 Å². The van der Waals surface area contributed by atoms with Crippen molar-refractivity contribution in [2.75, 3.05) is 19.8 Å². The van der Waals surface area contributed by atoms with E-state index < -0.39 is 0 Å². The Morgan fingerprint density at radius 3 is 2.75 bits per heavy atom. The highest BCUT2D eigenvalue weighted by atomic mass is 16.6. The van der Waals surface area contributed by atoms with Gasteiger partial charge in [0.2, 0.25) is 0 Å². The Morgan fingerprint density at radius 2 is 2.12 bits per heavy atom. The molecule has 0 aliphatic carbocycles. The zero-order valence-electron chi connectivity index (χ0n) is 10.6. The van der Waals surface area contributed by atoms with Gasteiger partial charge >= 0.3 is 0 Å². The molecule has 90 valence electrons. The maximum Gasteiger partial charge on any atom is 0.117 e. The largest absolute Gasteiger partial charge is 0.377 e. The van der Waals surface area contributed by atoms with Crippen LogP contribution in [0.4, 0.5) is 0 Å². The minimum atomic E-state index is 0.0906. The van der Waals surface area contributed by atoms with Crippen molar-refractivity contribution in [1.29, 1.82) is 0 Å². The Balaban J connectivity index is 1.99. The van der Waals surface area contributed by atoms with E-state index in [-0.39, 0.29) is 5.60 Å². The summed E-state index contributed by atoms with van der Waals surface area (Å²) in [6, 6.07) is 0. The van der Waals surface area contributed by atoms with Gasteiger partial charge in [0.05, 0.1) is 19.8 Å². The summed E-state index contributed by atoms with van der Waals surface area (Å²) in [4.78, 5) is 0. The molecule has 2 saturated heterocycles. The first-order chi connectivity index (χ1) is 7.64. The van der Waals surface area contributed by atoms with E-state index in [1.807, 2.05) is 0 Å². The molecule has 2 heterocycles. The lowest BCUT2D eigenvalue weighted by atomic mass is 9.89. The third kappa shape index (κ3) is 2.55. The number of rotatable bonds is 3. The fourth-order valence-electron chi connectivity index (χ4n) is 2.34. The maximum atomic E-state index is 5.64. The smallest absolute Gasteiger partial charge is 0.117 e. The molecule has 1 spiro atoms. The molecule has 0 aromatic carbocycles. The Labute approximate surface area is 98.3 Å². The van der Waals surface area contributed by atoms with Crippen molar-refractivity contribution in [3.05, 3.63) is 22.8 Å². The van der Waals surface area contributed by atoms with E-state index in [0.29, 0.717) is 0 Å². The van der Waals surface area contributed by atoms with Gasteiger partial charge in [-0.05, 0) is 39.2 Å². The van der Waals surface area contributed by atoms with E-state index in [1.165, 1.54) is 16.7 Å². The molecule has 0 aromatic rings. The monoisotopic (exact) mass is 222 g/mol. The van der Waals surface area contributed by atoms with Gasteiger partial charge in [-0.15, -0.1) is 0 Å². The molecular formula is C14H22O2. The Morgan fingerprint density at radius 1 is 1.38 bits per heavy atom. The number of epoxide rings is 1. The predicted octanol–water partition coefficient (Wildman–Crippen LogP) is 3.24. The van der Waals surface area contributed by atoms with Gasteiger partial charge in [0, 0.05) is 6.42 Å². The van der Waals surface area contributed by atoms with Crippen LogP contribution in [0.5, 0.6) is 0 Å². The summed E-state index contributed by atoms with van der Waals surface area (Å²) < 4.78 is 11.2. The van der Waals surface area contributed by atoms with Crippen molar-refractivity contribution >= 4 is 0 Å². The van der Waals surface area contributed by atoms with Crippen molar-refractivity contribution in [2.24, 2.45) is 0 Å². The Kier molecular flexibility index (Phi) is 3.50. The average molecular weight is 222 g/mol. The van der Waals surface area contributed by atoms with Crippen molar-refractivity contribution in [1.82, 2.24) is 0 Å². The molecule has 0 unspecified atom stereocenters. The molecule has 0 saturated carbocycles. The van der Waals surface area contributed by atoms with Crippen LogP contribution >= 0.6 is 0 Å². The molecule has 2 aliphatic heterocycles. The Bertz CT molecular complexity index is 318. The number of ether oxygens (including phenoxy) is 2. The minimum Gasteiger partial charge on any atom is -0.377 e. The highest BCUT2D eigenvalue weighted by Gasteiger charge is 2.50. The summed E-state index contributed by atoms with van der Waals surface area (Å²) in [6.07, 6.45) is 5.61. The second-order valence-corrected chi connectivity index (χ2v) is 5.16. The van der Waals surface area contributed by atoms with E-state index in [9.17, 15) is 0 Å². The van der Waals surface area contributed by atoms with E-state index in [4.69, 9.17) is 9.47 Å². The number of hydrogen-bond acceptors (Lipinski definition) is 2. The molecule has 2 heteroatoms. The van der Waals surface area contributed by atoms with E-state index in [0.717, 1.165) is 39.1 Å². The van der Waals surface area contributed by atoms with Crippen molar-refractivity contribution in [2.45, 2.75) is 45.6 Å². The molecule has 0 radical (unpaired) electrons. The minimum absolute atomic E-state index is 0.0906. The molecule has 0 aromatic heterocycles. The van der Waals surface area contributed by atoms with Gasteiger partial charge in [0.15, 0.2) is 0 Å². The van der Waals surface area contributed by atoms with Crippen LogP contribution in [0.15, 0.2) is 22.8 Å².